The molecule has 0 unspecified atom stereocenters. The first-order valence-electron chi connectivity index (χ1n) is 5.66. The molecule has 0 aliphatic heterocycles. The standard InChI is InChI=1S/C13H17N3O2/c1-9-11(6-10(15)7-16-9)12(17)18-5-4-13(2,3)8-14/h6-7H,4-5,15H2,1-3H3. The summed E-state index contributed by atoms with van der Waals surface area (Å²) in [6.07, 6.45) is 1.98. The van der Waals surface area contributed by atoms with E-state index in [9.17, 15) is 4.79 Å². The second kappa shape index (κ2) is 5.50. The fraction of sp³-hybridized carbons (Fsp3) is 0.462. The highest BCUT2D eigenvalue weighted by Gasteiger charge is 2.18. The van der Waals surface area contributed by atoms with Crippen molar-refractivity contribution < 1.29 is 9.53 Å². The predicted octanol–water partition coefficient (Wildman–Crippen LogP) is 2.07. The number of hydrogen-bond acceptors (Lipinski definition) is 5. The van der Waals surface area contributed by atoms with E-state index in [4.69, 9.17) is 15.7 Å². The third kappa shape index (κ3) is 3.74. The van der Waals surface area contributed by atoms with Gasteiger partial charge in [0.05, 0.1) is 41.2 Å². The van der Waals surface area contributed by atoms with E-state index < -0.39 is 11.4 Å². The average Bonchev–Trinajstić information content (AvgIpc) is 2.32. The van der Waals surface area contributed by atoms with Crippen LogP contribution in [0.25, 0.3) is 0 Å². The first-order valence-corrected chi connectivity index (χ1v) is 5.66. The van der Waals surface area contributed by atoms with Gasteiger partial charge in [0.15, 0.2) is 0 Å². The van der Waals surface area contributed by atoms with Crippen LogP contribution < -0.4 is 5.73 Å². The number of esters is 1. The van der Waals surface area contributed by atoms with Crippen LogP contribution >= 0.6 is 0 Å². The minimum absolute atomic E-state index is 0.202. The molecule has 0 aromatic carbocycles. The summed E-state index contributed by atoms with van der Waals surface area (Å²) in [5.41, 5.74) is 6.44. The summed E-state index contributed by atoms with van der Waals surface area (Å²) in [5.74, 6) is -0.457. The summed E-state index contributed by atoms with van der Waals surface area (Å²) in [6.45, 7) is 5.52. The van der Waals surface area contributed by atoms with Gasteiger partial charge in [0.25, 0.3) is 0 Å². The Morgan fingerprint density at radius 2 is 2.28 bits per heavy atom. The molecule has 0 atom stereocenters. The Bertz CT molecular complexity index is 489. The summed E-state index contributed by atoms with van der Waals surface area (Å²) in [7, 11) is 0. The highest BCUT2D eigenvalue weighted by atomic mass is 16.5. The Morgan fingerprint density at radius 3 is 2.89 bits per heavy atom. The Labute approximate surface area is 107 Å². The number of hydrogen-bond donors (Lipinski definition) is 1. The van der Waals surface area contributed by atoms with E-state index in [2.05, 4.69) is 11.1 Å². The number of nitriles is 1. The van der Waals surface area contributed by atoms with Gasteiger partial charge in [0, 0.05) is 0 Å². The minimum atomic E-state index is -0.497. The zero-order valence-corrected chi connectivity index (χ0v) is 10.9. The van der Waals surface area contributed by atoms with E-state index in [0.29, 0.717) is 23.4 Å². The van der Waals surface area contributed by atoms with Crippen molar-refractivity contribution in [2.75, 3.05) is 12.3 Å². The first kappa shape index (κ1) is 14.0. The van der Waals surface area contributed by atoms with Crippen molar-refractivity contribution in [2.24, 2.45) is 5.41 Å². The maximum Gasteiger partial charge on any atom is 0.340 e. The van der Waals surface area contributed by atoms with Crippen LogP contribution in [0.2, 0.25) is 0 Å². The Kier molecular flexibility index (Phi) is 4.27. The van der Waals surface area contributed by atoms with E-state index in [1.807, 2.05) is 0 Å². The monoisotopic (exact) mass is 247 g/mol. The molecule has 0 saturated carbocycles. The van der Waals surface area contributed by atoms with Crippen LogP contribution in [0.5, 0.6) is 0 Å². The fourth-order valence-electron chi connectivity index (χ4n) is 1.29. The molecule has 0 fully saturated rings. The molecular weight excluding hydrogens is 230 g/mol. The lowest BCUT2D eigenvalue weighted by Crippen LogP contribution is -2.15. The van der Waals surface area contributed by atoms with Crippen LogP contribution in [0.15, 0.2) is 12.3 Å². The van der Waals surface area contributed by atoms with Gasteiger partial charge >= 0.3 is 5.97 Å². The summed E-state index contributed by atoms with van der Waals surface area (Å²) in [5, 5.41) is 8.84. The van der Waals surface area contributed by atoms with Crippen LogP contribution in [0, 0.1) is 23.7 Å². The molecular formula is C13H17N3O2. The number of pyridine rings is 1. The molecule has 5 nitrogen and oxygen atoms in total. The van der Waals surface area contributed by atoms with Crippen LogP contribution in [-0.4, -0.2) is 17.6 Å². The van der Waals surface area contributed by atoms with Gasteiger partial charge in [-0.15, -0.1) is 0 Å². The third-order valence-electron chi connectivity index (χ3n) is 2.59. The fourth-order valence-corrected chi connectivity index (χ4v) is 1.29. The molecule has 1 rings (SSSR count). The maximum absolute atomic E-state index is 11.8. The average molecular weight is 247 g/mol. The number of carbonyl (C=O) groups excluding carboxylic acids is 1. The van der Waals surface area contributed by atoms with Gasteiger partial charge in [0.2, 0.25) is 0 Å². The second-order valence-corrected chi connectivity index (χ2v) is 4.78. The lowest BCUT2D eigenvalue weighted by atomic mass is 9.92. The second-order valence-electron chi connectivity index (χ2n) is 4.78. The van der Waals surface area contributed by atoms with Crippen LogP contribution in [0.4, 0.5) is 5.69 Å². The van der Waals surface area contributed by atoms with Gasteiger partial charge in [-0.3, -0.25) is 4.98 Å². The number of rotatable bonds is 4. The molecule has 1 aromatic rings. The zero-order valence-electron chi connectivity index (χ0n) is 10.9. The predicted molar refractivity (Wildman–Crippen MR) is 67.7 cm³/mol. The number of nitrogen functional groups attached to an aromatic ring is 1. The minimum Gasteiger partial charge on any atom is -0.462 e. The SMILES string of the molecule is Cc1ncc(N)cc1C(=O)OCCC(C)(C)C#N. The van der Waals surface area contributed by atoms with E-state index in [1.165, 1.54) is 6.20 Å². The number of nitrogens with zero attached hydrogens (tertiary/aromatic N) is 2. The molecule has 0 radical (unpaired) electrons. The molecule has 0 aliphatic carbocycles. The van der Waals surface area contributed by atoms with Crippen molar-refractivity contribution in [3.63, 3.8) is 0 Å². The van der Waals surface area contributed by atoms with Gasteiger partial charge in [0.1, 0.15) is 0 Å². The molecule has 0 aliphatic rings. The molecule has 5 heteroatoms. The van der Waals surface area contributed by atoms with E-state index in [0.717, 1.165) is 0 Å². The highest BCUT2D eigenvalue weighted by molar-refractivity contribution is 5.91. The number of ether oxygens (including phenoxy) is 1. The summed E-state index contributed by atoms with van der Waals surface area (Å²) >= 11 is 0. The molecule has 0 bridgehead atoms. The van der Waals surface area contributed by atoms with Crippen molar-refractivity contribution in [3.05, 3.63) is 23.5 Å². The quantitative estimate of drug-likeness (QED) is 0.822. The smallest absolute Gasteiger partial charge is 0.340 e. The van der Waals surface area contributed by atoms with Crippen molar-refractivity contribution in [1.29, 1.82) is 5.26 Å². The summed E-state index contributed by atoms with van der Waals surface area (Å²) in [4.78, 5) is 15.8. The van der Waals surface area contributed by atoms with Crippen LogP contribution in [-0.2, 0) is 4.74 Å². The van der Waals surface area contributed by atoms with Gasteiger partial charge in [-0.2, -0.15) is 5.26 Å². The zero-order chi connectivity index (χ0) is 13.8. The Balaban J connectivity index is 2.62. The number of aryl methyl sites for hydroxylation is 1. The number of anilines is 1. The molecule has 0 spiro atoms. The molecule has 96 valence electrons. The topological polar surface area (TPSA) is 89.0 Å². The van der Waals surface area contributed by atoms with Crippen LogP contribution in [0.1, 0.15) is 36.3 Å². The number of nitrogens with two attached hydrogens (primary N) is 1. The van der Waals surface area contributed by atoms with Gasteiger partial charge in [-0.05, 0) is 33.3 Å². The van der Waals surface area contributed by atoms with E-state index >= 15 is 0 Å². The Morgan fingerprint density at radius 1 is 1.61 bits per heavy atom. The molecule has 1 aromatic heterocycles. The largest absolute Gasteiger partial charge is 0.462 e. The van der Waals surface area contributed by atoms with E-state index in [-0.39, 0.29) is 6.61 Å². The van der Waals surface area contributed by atoms with E-state index in [1.54, 1.807) is 26.8 Å². The summed E-state index contributed by atoms with van der Waals surface area (Å²) in [6, 6.07) is 3.69. The highest BCUT2D eigenvalue weighted by Crippen LogP contribution is 2.19. The van der Waals surface area contributed by atoms with Crippen molar-refractivity contribution in [1.82, 2.24) is 4.98 Å². The van der Waals surface area contributed by atoms with Crippen LogP contribution in [0.3, 0.4) is 0 Å². The first-order chi connectivity index (χ1) is 8.35. The molecule has 2 N–H and O–H groups in total. The van der Waals surface area contributed by atoms with Gasteiger partial charge < -0.3 is 10.5 Å². The van der Waals surface area contributed by atoms with Gasteiger partial charge in [-0.1, -0.05) is 0 Å². The number of carbonyl (C=O) groups is 1. The number of aromatic nitrogens is 1. The molecule has 0 amide bonds. The van der Waals surface area contributed by atoms with Crippen molar-refractivity contribution in [2.45, 2.75) is 27.2 Å². The van der Waals surface area contributed by atoms with Crippen molar-refractivity contribution >= 4 is 11.7 Å². The maximum atomic E-state index is 11.8. The summed E-state index contributed by atoms with van der Waals surface area (Å²) < 4.78 is 5.12. The molecule has 18 heavy (non-hydrogen) atoms. The lowest BCUT2D eigenvalue weighted by molar-refractivity contribution is 0.0473. The van der Waals surface area contributed by atoms with Gasteiger partial charge in [-0.25, -0.2) is 4.79 Å². The lowest BCUT2D eigenvalue weighted by Gasteiger charge is -2.14. The Hall–Kier alpha value is -2.09. The third-order valence-corrected chi connectivity index (χ3v) is 2.59. The van der Waals surface area contributed by atoms with Crippen molar-refractivity contribution in [3.8, 4) is 6.07 Å². The molecule has 0 saturated heterocycles. The normalized spacial score (nSPS) is 10.8. The molecule has 1 heterocycles.